The first kappa shape index (κ1) is 15.0. The number of benzene rings is 1. The molecule has 0 saturated heterocycles. The summed E-state index contributed by atoms with van der Waals surface area (Å²) in [6.45, 7) is 2.47. The number of carbonyl (C=O) groups is 1. The van der Waals surface area contributed by atoms with E-state index in [4.69, 9.17) is 5.73 Å². The average Bonchev–Trinajstić information content (AvgIpc) is 2.48. The van der Waals surface area contributed by atoms with E-state index in [1.165, 1.54) is 0 Å². The Morgan fingerprint density at radius 2 is 2.19 bits per heavy atom. The summed E-state index contributed by atoms with van der Waals surface area (Å²) in [7, 11) is 0. The van der Waals surface area contributed by atoms with Crippen LogP contribution in [0, 0.1) is 0 Å². The Kier molecular flexibility index (Phi) is 5.29. The number of nitrogens with zero attached hydrogens (tertiary/aromatic N) is 1. The third-order valence-electron chi connectivity index (χ3n) is 3.09. The molecule has 1 heterocycles. The Hall–Kier alpha value is -2.40. The zero-order chi connectivity index (χ0) is 15.1. The van der Waals surface area contributed by atoms with Crippen molar-refractivity contribution in [2.45, 2.75) is 19.4 Å². The quantitative estimate of drug-likeness (QED) is 0.789. The molecule has 1 aromatic carbocycles. The van der Waals surface area contributed by atoms with E-state index in [0.717, 1.165) is 23.2 Å². The van der Waals surface area contributed by atoms with Crippen LogP contribution in [0.4, 0.5) is 10.5 Å². The van der Waals surface area contributed by atoms with Crippen molar-refractivity contribution in [3.05, 3.63) is 59.9 Å². The molecule has 2 rings (SSSR count). The lowest BCUT2D eigenvalue weighted by molar-refractivity contribution is 0.252. The maximum Gasteiger partial charge on any atom is 0.319 e. The Labute approximate surface area is 124 Å². The molecule has 5 heteroatoms. The van der Waals surface area contributed by atoms with Crippen LogP contribution in [-0.2, 0) is 6.42 Å². The molecule has 0 fully saturated rings. The highest BCUT2D eigenvalue weighted by molar-refractivity contribution is 5.89. The molecule has 1 unspecified atom stereocenters. The van der Waals surface area contributed by atoms with Crippen molar-refractivity contribution in [1.82, 2.24) is 10.3 Å². The summed E-state index contributed by atoms with van der Waals surface area (Å²) in [6.07, 6.45) is 4.28. The van der Waals surface area contributed by atoms with Crippen LogP contribution in [0.3, 0.4) is 0 Å². The highest BCUT2D eigenvalue weighted by Gasteiger charge is 2.04. The third kappa shape index (κ3) is 4.89. The van der Waals surface area contributed by atoms with E-state index >= 15 is 0 Å². The number of aromatic nitrogens is 1. The van der Waals surface area contributed by atoms with Gasteiger partial charge >= 0.3 is 6.03 Å². The minimum Gasteiger partial charge on any atom is -0.338 e. The second-order valence-corrected chi connectivity index (χ2v) is 4.91. The second kappa shape index (κ2) is 7.40. The minimum absolute atomic E-state index is 0.0552. The van der Waals surface area contributed by atoms with Crippen LogP contribution >= 0.6 is 0 Å². The van der Waals surface area contributed by atoms with Crippen molar-refractivity contribution in [2.75, 3.05) is 11.9 Å². The number of amides is 2. The zero-order valence-corrected chi connectivity index (χ0v) is 12.0. The van der Waals surface area contributed by atoms with Gasteiger partial charge in [-0.2, -0.15) is 0 Å². The molecule has 0 aliphatic heterocycles. The monoisotopic (exact) mass is 284 g/mol. The maximum absolute atomic E-state index is 11.8. The van der Waals surface area contributed by atoms with Gasteiger partial charge < -0.3 is 16.4 Å². The van der Waals surface area contributed by atoms with Crippen LogP contribution in [0.25, 0.3) is 0 Å². The van der Waals surface area contributed by atoms with Gasteiger partial charge in [0, 0.05) is 30.7 Å². The maximum atomic E-state index is 11.8. The molecule has 5 nitrogen and oxygen atoms in total. The lowest BCUT2D eigenvalue weighted by Gasteiger charge is -2.10. The summed E-state index contributed by atoms with van der Waals surface area (Å²) in [5, 5.41) is 5.62. The van der Waals surface area contributed by atoms with Crippen LogP contribution < -0.4 is 16.4 Å². The molecular formula is C16H20N4O. The molecule has 0 bridgehead atoms. The Balaban J connectivity index is 1.80. The smallest absolute Gasteiger partial charge is 0.319 e. The number of pyridine rings is 1. The van der Waals surface area contributed by atoms with Crippen LogP contribution in [0.15, 0.2) is 48.8 Å². The van der Waals surface area contributed by atoms with Gasteiger partial charge in [0.15, 0.2) is 0 Å². The fourth-order valence-corrected chi connectivity index (χ4v) is 1.94. The molecule has 1 atom stereocenters. The summed E-state index contributed by atoms with van der Waals surface area (Å²) < 4.78 is 0. The predicted octanol–water partition coefficient (Wildman–Crippen LogP) is 2.47. The fraction of sp³-hybridized carbons (Fsp3) is 0.250. The van der Waals surface area contributed by atoms with E-state index in [9.17, 15) is 4.79 Å². The molecular weight excluding hydrogens is 264 g/mol. The molecule has 0 aliphatic carbocycles. The molecule has 1 aromatic heterocycles. The van der Waals surface area contributed by atoms with Crippen molar-refractivity contribution in [3.8, 4) is 0 Å². The Morgan fingerprint density at radius 3 is 2.90 bits per heavy atom. The number of nitrogens with one attached hydrogen (secondary N) is 2. The normalized spacial score (nSPS) is 11.7. The van der Waals surface area contributed by atoms with Crippen molar-refractivity contribution in [1.29, 1.82) is 0 Å². The van der Waals surface area contributed by atoms with E-state index in [0.29, 0.717) is 6.54 Å². The number of hydrogen-bond acceptors (Lipinski definition) is 3. The number of carbonyl (C=O) groups excluding carboxylic acids is 1. The zero-order valence-electron chi connectivity index (χ0n) is 12.0. The Morgan fingerprint density at radius 1 is 1.33 bits per heavy atom. The van der Waals surface area contributed by atoms with Crippen molar-refractivity contribution >= 4 is 11.7 Å². The number of anilines is 1. The van der Waals surface area contributed by atoms with Crippen molar-refractivity contribution in [2.24, 2.45) is 5.73 Å². The van der Waals surface area contributed by atoms with Crippen molar-refractivity contribution < 1.29 is 4.79 Å². The molecule has 110 valence electrons. The van der Waals surface area contributed by atoms with Gasteiger partial charge in [0.25, 0.3) is 0 Å². The molecule has 4 N–H and O–H groups in total. The van der Waals surface area contributed by atoms with Gasteiger partial charge in [0.2, 0.25) is 0 Å². The van der Waals surface area contributed by atoms with Crippen LogP contribution in [0.2, 0.25) is 0 Å². The number of nitrogens with two attached hydrogens (primary N) is 1. The molecule has 0 radical (unpaired) electrons. The average molecular weight is 284 g/mol. The van der Waals surface area contributed by atoms with E-state index < -0.39 is 0 Å². The lowest BCUT2D eigenvalue weighted by Crippen LogP contribution is -2.30. The standard InChI is InChI=1S/C16H20N4O/c1-12(17)14-5-2-6-15(10-14)20-16(21)19-9-7-13-4-3-8-18-11-13/h2-6,8,10-12H,7,9,17H2,1H3,(H2,19,20,21). The van der Waals surface area contributed by atoms with Gasteiger partial charge in [-0.05, 0) is 42.7 Å². The van der Waals surface area contributed by atoms with Crippen LogP contribution in [-0.4, -0.2) is 17.6 Å². The first-order valence-electron chi connectivity index (χ1n) is 6.94. The van der Waals surface area contributed by atoms with E-state index in [1.54, 1.807) is 12.4 Å². The van der Waals surface area contributed by atoms with E-state index in [1.807, 2.05) is 43.3 Å². The Bertz CT molecular complexity index is 584. The summed E-state index contributed by atoms with van der Waals surface area (Å²) in [5.41, 5.74) is 8.65. The number of urea groups is 1. The predicted molar refractivity (Wildman–Crippen MR) is 84.0 cm³/mol. The number of hydrogen-bond donors (Lipinski definition) is 3. The van der Waals surface area contributed by atoms with Gasteiger partial charge in [0.05, 0.1) is 0 Å². The van der Waals surface area contributed by atoms with Gasteiger partial charge in [0.1, 0.15) is 0 Å². The third-order valence-corrected chi connectivity index (χ3v) is 3.09. The molecule has 2 amide bonds. The topological polar surface area (TPSA) is 80.0 Å². The van der Waals surface area contributed by atoms with Crippen LogP contribution in [0.1, 0.15) is 24.1 Å². The lowest BCUT2D eigenvalue weighted by atomic mass is 10.1. The summed E-state index contributed by atoms with van der Waals surface area (Å²) in [5.74, 6) is 0. The highest BCUT2D eigenvalue weighted by atomic mass is 16.2. The summed E-state index contributed by atoms with van der Waals surface area (Å²) >= 11 is 0. The number of rotatable bonds is 5. The first-order valence-corrected chi connectivity index (χ1v) is 6.94. The SMILES string of the molecule is CC(N)c1cccc(NC(=O)NCCc2cccnc2)c1. The first-order chi connectivity index (χ1) is 10.1. The van der Waals surface area contributed by atoms with E-state index in [2.05, 4.69) is 15.6 Å². The molecule has 0 spiro atoms. The van der Waals surface area contributed by atoms with E-state index in [-0.39, 0.29) is 12.1 Å². The fourth-order valence-electron chi connectivity index (χ4n) is 1.94. The molecule has 0 aliphatic rings. The second-order valence-electron chi connectivity index (χ2n) is 4.91. The van der Waals surface area contributed by atoms with Gasteiger partial charge in [-0.15, -0.1) is 0 Å². The molecule has 21 heavy (non-hydrogen) atoms. The largest absolute Gasteiger partial charge is 0.338 e. The van der Waals surface area contributed by atoms with Crippen LogP contribution in [0.5, 0.6) is 0 Å². The minimum atomic E-state index is -0.222. The van der Waals surface area contributed by atoms with Gasteiger partial charge in [-0.1, -0.05) is 18.2 Å². The van der Waals surface area contributed by atoms with Gasteiger partial charge in [-0.3, -0.25) is 4.98 Å². The summed E-state index contributed by atoms with van der Waals surface area (Å²) in [6, 6.07) is 11.1. The van der Waals surface area contributed by atoms with Gasteiger partial charge in [-0.25, -0.2) is 4.79 Å². The molecule has 2 aromatic rings. The molecule has 0 saturated carbocycles. The van der Waals surface area contributed by atoms with Crippen molar-refractivity contribution in [3.63, 3.8) is 0 Å². The highest BCUT2D eigenvalue weighted by Crippen LogP contribution is 2.15. The summed E-state index contributed by atoms with van der Waals surface area (Å²) in [4.78, 5) is 15.9.